The monoisotopic (exact) mass is 331 g/mol. The summed E-state index contributed by atoms with van der Waals surface area (Å²) in [5.41, 5.74) is 0. The van der Waals surface area contributed by atoms with E-state index in [-0.39, 0.29) is 4.90 Å². The fraction of sp³-hybridized carbons (Fsp3) is 0.571. The van der Waals surface area contributed by atoms with Crippen LogP contribution in [-0.2, 0) is 14.8 Å². The Kier molecular flexibility index (Phi) is 6.35. The van der Waals surface area contributed by atoms with Gasteiger partial charge in [-0.05, 0) is 25.0 Å². The molecule has 7 heteroatoms. The molecule has 1 aliphatic rings. The number of rotatable bonds is 7. The van der Waals surface area contributed by atoms with Crippen molar-refractivity contribution < 1.29 is 17.9 Å². The molecule has 1 N–H and O–H groups in total. The Morgan fingerprint density at radius 3 is 2.76 bits per heavy atom. The van der Waals surface area contributed by atoms with Crippen LogP contribution in [0.5, 0.6) is 5.75 Å². The summed E-state index contributed by atoms with van der Waals surface area (Å²) in [6.45, 7) is 2.04. The molecule has 1 aliphatic heterocycles. The van der Waals surface area contributed by atoms with Gasteiger partial charge in [-0.15, -0.1) is 0 Å². The third kappa shape index (κ3) is 4.88. The molecule has 2 rings (SSSR count). The highest BCUT2D eigenvalue weighted by atomic mass is 32.2. The summed E-state index contributed by atoms with van der Waals surface area (Å²) >= 11 is 1.81. The van der Waals surface area contributed by atoms with Crippen LogP contribution in [0.25, 0.3) is 0 Å². The van der Waals surface area contributed by atoms with Gasteiger partial charge in [0, 0.05) is 30.8 Å². The van der Waals surface area contributed by atoms with Gasteiger partial charge in [-0.2, -0.15) is 11.8 Å². The lowest BCUT2D eigenvalue weighted by Gasteiger charge is -2.21. The van der Waals surface area contributed by atoms with E-state index >= 15 is 0 Å². The molecule has 0 bridgehead atoms. The molecule has 1 heterocycles. The Bertz CT molecular complexity index is 542. The molecule has 0 atom stereocenters. The molecule has 1 aromatic carbocycles. The van der Waals surface area contributed by atoms with Gasteiger partial charge in [-0.25, -0.2) is 13.1 Å². The number of ether oxygens (including phenoxy) is 2. The van der Waals surface area contributed by atoms with Crippen molar-refractivity contribution in [1.82, 2.24) is 4.72 Å². The maximum absolute atomic E-state index is 12.2. The summed E-state index contributed by atoms with van der Waals surface area (Å²) in [5, 5.41) is 0.578. The summed E-state index contributed by atoms with van der Waals surface area (Å²) in [4.78, 5) is 0.184. The first-order valence-electron chi connectivity index (χ1n) is 6.95. The van der Waals surface area contributed by atoms with Gasteiger partial charge < -0.3 is 9.47 Å². The average molecular weight is 331 g/mol. The van der Waals surface area contributed by atoms with Crippen LogP contribution in [0.2, 0.25) is 0 Å². The molecule has 0 saturated carbocycles. The number of thioether (sulfide) groups is 1. The number of hydrogen-bond donors (Lipinski definition) is 1. The second-order valence-electron chi connectivity index (χ2n) is 4.73. The zero-order valence-corrected chi connectivity index (χ0v) is 13.7. The van der Waals surface area contributed by atoms with Crippen molar-refractivity contribution in [3.8, 4) is 5.75 Å². The third-order valence-corrected chi connectivity index (χ3v) is 6.16. The van der Waals surface area contributed by atoms with Crippen molar-refractivity contribution in [1.29, 1.82) is 0 Å². The highest BCUT2D eigenvalue weighted by molar-refractivity contribution is 8.00. The predicted molar refractivity (Wildman–Crippen MR) is 84.5 cm³/mol. The van der Waals surface area contributed by atoms with E-state index in [9.17, 15) is 8.42 Å². The fourth-order valence-electron chi connectivity index (χ4n) is 2.16. The number of hydrogen-bond acceptors (Lipinski definition) is 5. The van der Waals surface area contributed by atoms with Crippen molar-refractivity contribution >= 4 is 21.8 Å². The van der Waals surface area contributed by atoms with Crippen LogP contribution in [-0.4, -0.2) is 46.3 Å². The van der Waals surface area contributed by atoms with Gasteiger partial charge in [-0.1, -0.05) is 12.1 Å². The van der Waals surface area contributed by atoms with E-state index in [4.69, 9.17) is 9.47 Å². The zero-order chi connectivity index (χ0) is 15.1. The molecule has 0 aliphatic carbocycles. The average Bonchev–Trinajstić information content (AvgIpc) is 2.52. The summed E-state index contributed by atoms with van der Waals surface area (Å²) in [5.74, 6) is 1.13. The van der Waals surface area contributed by atoms with Gasteiger partial charge in [0.2, 0.25) is 10.0 Å². The lowest BCUT2D eigenvalue weighted by molar-refractivity contribution is 0.100. The molecule has 1 fully saturated rings. The van der Waals surface area contributed by atoms with E-state index in [0.29, 0.717) is 17.5 Å². The van der Waals surface area contributed by atoms with E-state index in [1.54, 1.807) is 36.0 Å². The second-order valence-corrected chi connectivity index (χ2v) is 7.87. The van der Waals surface area contributed by atoms with E-state index in [1.165, 1.54) is 7.11 Å². The third-order valence-electron chi connectivity index (χ3n) is 3.27. The highest BCUT2D eigenvalue weighted by Crippen LogP contribution is 2.23. The standard InChI is InChI=1S/C14H21NO4S2/c1-18-13-4-2-3-5-14(13)21(16,17)15-8-11-20-12-6-9-19-10-7-12/h2-5,12,15H,6-11H2,1H3. The summed E-state index contributed by atoms with van der Waals surface area (Å²) in [6, 6.07) is 6.63. The smallest absolute Gasteiger partial charge is 0.244 e. The molecule has 0 aromatic heterocycles. The van der Waals surface area contributed by atoms with Gasteiger partial charge in [0.05, 0.1) is 7.11 Å². The van der Waals surface area contributed by atoms with Crippen molar-refractivity contribution in [3.63, 3.8) is 0 Å². The maximum atomic E-state index is 12.2. The maximum Gasteiger partial charge on any atom is 0.244 e. The molecule has 0 spiro atoms. The molecule has 21 heavy (non-hydrogen) atoms. The van der Waals surface area contributed by atoms with E-state index in [1.807, 2.05) is 0 Å². The molecule has 1 saturated heterocycles. The Morgan fingerprint density at radius 1 is 1.33 bits per heavy atom. The topological polar surface area (TPSA) is 64.6 Å². The SMILES string of the molecule is COc1ccccc1S(=O)(=O)NCCSC1CCOCC1. The Morgan fingerprint density at radius 2 is 2.05 bits per heavy atom. The number of para-hydroxylation sites is 1. The van der Waals surface area contributed by atoms with Crippen LogP contribution in [0.3, 0.4) is 0 Å². The minimum Gasteiger partial charge on any atom is -0.495 e. The summed E-state index contributed by atoms with van der Waals surface area (Å²) < 4.78 is 37.5. The number of nitrogens with one attached hydrogen (secondary N) is 1. The van der Waals surface area contributed by atoms with Gasteiger partial charge in [0.1, 0.15) is 10.6 Å². The van der Waals surface area contributed by atoms with Crippen molar-refractivity contribution in [2.75, 3.05) is 32.6 Å². The molecule has 0 radical (unpaired) electrons. The molecule has 0 unspecified atom stereocenters. The summed E-state index contributed by atoms with van der Waals surface area (Å²) in [6.07, 6.45) is 2.09. The minimum absolute atomic E-state index is 0.184. The Hall–Kier alpha value is -0.760. The van der Waals surface area contributed by atoms with Gasteiger partial charge in [0.25, 0.3) is 0 Å². The number of benzene rings is 1. The van der Waals surface area contributed by atoms with Crippen LogP contribution in [0.4, 0.5) is 0 Å². The van der Waals surface area contributed by atoms with Crippen LogP contribution < -0.4 is 9.46 Å². The first-order chi connectivity index (χ1) is 10.1. The highest BCUT2D eigenvalue weighted by Gasteiger charge is 2.19. The molecule has 0 amide bonds. The van der Waals surface area contributed by atoms with E-state index in [2.05, 4.69) is 4.72 Å². The Balaban J connectivity index is 1.83. The largest absolute Gasteiger partial charge is 0.495 e. The predicted octanol–water partition coefficient (Wildman–Crippen LogP) is 1.89. The molecular formula is C14H21NO4S2. The molecule has 1 aromatic rings. The lowest BCUT2D eigenvalue weighted by Crippen LogP contribution is -2.27. The second kappa shape index (κ2) is 8.03. The first kappa shape index (κ1) is 16.6. The van der Waals surface area contributed by atoms with Crippen LogP contribution >= 0.6 is 11.8 Å². The number of sulfonamides is 1. The van der Waals surface area contributed by atoms with Gasteiger partial charge >= 0.3 is 0 Å². The Labute approximate surface area is 130 Å². The van der Waals surface area contributed by atoms with Crippen molar-refractivity contribution in [2.45, 2.75) is 23.0 Å². The normalized spacial score (nSPS) is 16.8. The van der Waals surface area contributed by atoms with E-state index < -0.39 is 10.0 Å². The van der Waals surface area contributed by atoms with Crippen LogP contribution in [0.1, 0.15) is 12.8 Å². The van der Waals surface area contributed by atoms with Crippen molar-refractivity contribution in [3.05, 3.63) is 24.3 Å². The molecule has 5 nitrogen and oxygen atoms in total. The molecule has 118 valence electrons. The first-order valence-corrected chi connectivity index (χ1v) is 9.49. The summed E-state index contributed by atoms with van der Waals surface area (Å²) in [7, 11) is -2.05. The van der Waals surface area contributed by atoms with Crippen molar-refractivity contribution in [2.24, 2.45) is 0 Å². The van der Waals surface area contributed by atoms with Crippen LogP contribution in [0, 0.1) is 0 Å². The lowest BCUT2D eigenvalue weighted by atomic mass is 10.2. The minimum atomic E-state index is -3.52. The van der Waals surface area contributed by atoms with E-state index in [0.717, 1.165) is 31.8 Å². The van der Waals surface area contributed by atoms with Gasteiger partial charge in [-0.3, -0.25) is 0 Å². The number of methoxy groups -OCH3 is 1. The zero-order valence-electron chi connectivity index (χ0n) is 12.1. The fourth-order valence-corrected chi connectivity index (χ4v) is 4.57. The van der Waals surface area contributed by atoms with Crippen LogP contribution in [0.15, 0.2) is 29.2 Å². The van der Waals surface area contributed by atoms with Gasteiger partial charge in [0.15, 0.2) is 0 Å². The molecular weight excluding hydrogens is 310 g/mol. The quantitative estimate of drug-likeness (QED) is 0.773.